The van der Waals surface area contributed by atoms with Crippen LogP contribution in [0.1, 0.15) is 50.5 Å². The molecule has 1 aromatic carbocycles. The number of urea groups is 1. The second-order valence-corrected chi connectivity index (χ2v) is 6.55. The number of rotatable bonds is 1. The van der Waals surface area contributed by atoms with Gasteiger partial charge in [-0.2, -0.15) is 0 Å². The Kier molecular flexibility index (Phi) is 3.08. The number of carbonyl (C=O) groups is 1. The number of carbonyl (C=O) groups excluding carboxylic acids is 1. The molecular formula is C16H18ClN3O2. The van der Waals surface area contributed by atoms with Crippen LogP contribution in [0.15, 0.2) is 10.5 Å². The lowest BCUT2D eigenvalue weighted by molar-refractivity contribution is 0.209. The van der Waals surface area contributed by atoms with Gasteiger partial charge in [0.2, 0.25) is 0 Å². The van der Waals surface area contributed by atoms with E-state index in [1.807, 2.05) is 6.92 Å². The number of halogens is 1. The summed E-state index contributed by atoms with van der Waals surface area (Å²) in [5.41, 5.74) is 2.79. The van der Waals surface area contributed by atoms with Gasteiger partial charge < -0.3 is 15.1 Å². The summed E-state index contributed by atoms with van der Waals surface area (Å²) in [4.78, 5) is 16.6. The zero-order valence-corrected chi connectivity index (χ0v) is 13.2. The maximum atomic E-state index is 12.1. The number of hydrogen-bond donors (Lipinski definition) is 2. The van der Waals surface area contributed by atoms with Gasteiger partial charge in [-0.1, -0.05) is 37.8 Å². The van der Waals surface area contributed by atoms with Gasteiger partial charge in [-0.05, 0) is 18.9 Å². The number of nitrogens with one attached hydrogen (secondary N) is 2. The number of benzene rings is 1. The van der Waals surface area contributed by atoms with Crippen LogP contribution in [0.4, 0.5) is 10.5 Å². The molecule has 1 aliphatic carbocycles. The molecule has 0 saturated heterocycles. The highest BCUT2D eigenvalue weighted by atomic mass is 35.5. The van der Waals surface area contributed by atoms with Gasteiger partial charge in [0.1, 0.15) is 5.52 Å². The molecule has 4 rings (SSSR count). The van der Waals surface area contributed by atoms with Crippen molar-refractivity contribution in [3.63, 3.8) is 0 Å². The summed E-state index contributed by atoms with van der Waals surface area (Å²) < 4.78 is 5.97. The van der Waals surface area contributed by atoms with Crippen molar-refractivity contribution in [2.24, 2.45) is 0 Å². The van der Waals surface area contributed by atoms with Crippen molar-refractivity contribution >= 4 is 34.4 Å². The molecule has 1 fully saturated rings. The predicted molar refractivity (Wildman–Crippen MR) is 85.3 cm³/mol. The van der Waals surface area contributed by atoms with Crippen LogP contribution in [-0.4, -0.2) is 11.0 Å². The molecule has 1 saturated carbocycles. The minimum atomic E-state index is -0.385. The Hall–Kier alpha value is -1.75. The molecule has 2 aromatic rings. The van der Waals surface area contributed by atoms with E-state index >= 15 is 0 Å². The number of aryl methyl sites for hydroxylation is 1. The van der Waals surface area contributed by atoms with Gasteiger partial charge in [-0.15, -0.1) is 0 Å². The fourth-order valence-corrected chi connectivity index (χ4v) is 4.01. The van der Waals surface area contributed by atoms with Crippen LogP contribution >= 0.6 is 11.6 Å². The third-order valence-corrected chi connectivity index (χ3v) is 5.05. The molecule has 0 radical (unpaired) electrons. The molecule has 6 heteroatoms. The Morgan fingerprint density at radius 1 is 1.36 bits per heavy atom. The average molecular weight is 320 g/mol. The quantitative estimate of drug-likeness (QED) is 0.821. The van der Waals surface area contributed by atoms with Gasteiger partial charge in [-0.3, -0.25) is 0 Å². The van der Waals surface area contributed by atoms with Crippen LogP contribution in [0.25, 0.3) is 11.1 Å². The number of anilines is 1. The maximum absolute atomic E-state index is 12.1. The zero-order chi connectivity index (χ0) is 15.3. The number of hydrogen-bond acceptors (Lipinski definition) is 3. The molecule has 2 heterocycles. The molecule has 0 bridgehead atoms. The molecule has 1 aliphatic heterocycles. The molecule has 5 nitrogen and oxygen atoms in total. The van der Waals surface area contributed by atoms with E-state index in [1.165, 1.54) is 6.42 Å². The van der Waals surface area contributed by atoms with Crippen molar-refractivity contribution in [1.82, 2.24) is 10.3 Å². The van der Waals surface area contributed by atoms with Gasteiger partial charge >= 0.3 is 6.03 Å². The van der Waals surface area contributed by atoms with Crippen molar-refractivity contribution in [3.8, 4) is 0 Å². The molecule has 0 unspecified atom stereocenters. The minimum absolute atomic E-state index is 0.189. The van der Waals surface area contributed by atoms with E-state index in [4.69, 9.17) is 16.0 Å². The minimum Gasteiger partial charge on any atom is -0.440 e. The monoisotopic (exact) mass is 319 g/mol. The Labute approximate surface area is 133 Å². The smallest absolute Gasteiger partial charge is 0.319 e. The molecule has 2 aliphatic rings. The van der Waals surface area contributed by atoms with Crippen molar-refractivity contribution in [1.29, 1.82) is 0 Å². The van der Waals surface area contributed by atoms with Gasteiger partial charge in [-0.25, -0.2) is 9.78 Å². The number of amides is 2. The summed E-state index contributed by atoms with van der Waals surface area (Å²) in [7, 11) is 0. The zero-order valence-electron chi connectivity index (χ0n) is 12.5. The summed E-state index contributed by atoms with van der Waals surface area (Å²) in [6.07, 6.45) is 5.91. The van der Waals surface area contributed by atoms with E-state index < -0.39 is 0 Å². The van der Waals surface area contributed by atoms with E-state index in [1.54, 1.807) is 6.07 Å². The molecule has 1 aromatic heterocycles. The van der Waals surface area contributed by atoms with E-state index in [2.05, 4.69) is 15.6 Å². The fraction of sp³-hybridized carbons (Fsp3) is 0.500. The molecule has 2 N–H and O–H groups in total. The summed E-state index contributed by atoms with van der Waals surface area (Å²) in [6.45, 7) is 2.01. The summed E-state index contributed by atoms with van der Waals surface area (Å²) in [6, 6.07) is 1.59. The second-order valence-electron chi connectivity index (χ2n) is 6.14. The van der Waals surface area contributed by atoms with Crippen LogP contribution in [0, 0.1) is 0 Å². The van der Waals surface area contributed by atoms with E-state index in [9.17, 15) is 4.79 Å². The van der Waals surface area contributed by atoms with Crippen LogP contribution < -0.4 is 10.6 Å². The summed E-state index contributed by atoms with van der Waals surface area (Å²) in [5, 5.41) is 6.51. The topological polar surface area (TPSA) is 67.2 Å². The first-order valence-electron chi connectivity index (χ1n) is 7.84. The maximum Gasteiger partial charge on any atom is 0.319 e. The van der Waals surface area contributed by atoms with Crippen molar-refractivity contribution in [2.75, 3.05) is 5.32 Å². The standard InChI is InChI=1S/C16H18ClN3O2/c1-2-11-18-10-8-9(17)13-12(14(10)22-11)16(20-15(21)19-13)6-4-3-5-7-16/h8H,2-7H2,1H3,(H2,19,20,21). The number of nitrogens with zero attached hydrogens (tertiary/aromatic N) is 1. The van der Waals surface area contributed by atoms with Crippen LogP contribution in [0.3, 0.4) is 0 Å². The fourth-order valence-electron chi connectivity index (χ4n) is 3.77. The number of aromatic nitrogens is 1. The first-order chi connectivity index (χ1) is 10.6. The SMILES string of the molecule is CCc1nc2cc(Cl)c3c(c2o1)C1(CCCCC1)NC(=O)N3. The first-order valence-corrected chi connectivity index (χ1v) is 8.22. The molecule has 22 heavy (non-hydrogen) atoms. The Bertz CT molecular complexity index is 762. The van der Waals surface area contributed by atoms with Crippen molar-refractivity contribution in [2.45, 2.75) is 51.0 Å². The molecular weight excluding hydrogens is 302 g/mol. The van der Waals surface area contributed by atoms with Gasteiger partial charge in [0, 0.05) is 12.0 Å². The van der Waals surface area contributed by atoms with Gasteiger partial charge in [0.25, 0.3) is 0 Å². The molecule has 2 amide bonds. The normalized spacial score (nSPS) is 19.8. The lowest BCUT2D eigenvalue weighted by atomic mass is 9.74. The highest BCUT2D eigenvalue weighted by Crippen LogP contribution is 2.48. The summed E-state index contributed by atoms with van der Waals surface area (Å²) >= 11 is 6.42. The van der Waals surface area contributed by atoms with Crippen molar-refractivity contribution in [3.05, 3.63) is 22.5 Å². The van der Waals surface area contributed by atoms with Crippen LogP contribution in [-0.2, 0) is 12.0 Å². The first kappa shape index (κ1) is 13.9. The summed E-state index contributed by atoms with van der Waals surface area (Å²) in [5.74, 6) is 0.697. The van der Waals surface area contributed by atoms with Gasteiger partial charge in [0.15, 0.2) is 11.5 Å². The Morgan fingerprint density at radius 3 is 2.86 bits per heavy atom. The van der Waals surface area contributed by atoms with Crippen LogP contribution in [0.2, 0.25) is 5.02 Å². The largest absolute Gasteiger partial charge is 0.440 e. The molecule has 0 atom stereocenters. The predicted octanol–water partition coefficient (Wildman–Crippen LogP) is 4.34. The average Bonchev–Trinajstić information content (AvgIpc) is 2.90. The highest BCUT2D eigenvalue weighted by Gasteiger charge is 2.43. The highest BCUT2D eigenvalue weighted by molar-refractivity contribution is 6.35. The van der Waals surface area contributed by atoms with Crippen molar-refractivity contribution < 1.29 is 9.21 Å². The third kappa shape index (κ3) is 1.92. The third-order valence-electron chi connectivity index (χ3n) is 4.76. The van der Waals surface area contributed by atoms with E-state index in [0.717, 1.165) is 48.8 Å². The molecule has 116 valence electrons. The Balaban J connectivity index is 2.03. The van der Waals surface area contributed by atoms with E-state index in [0.29, 0.717) is 16.6 Å². The van der Waals surface area contributed by atoms with Crippen LogP contribution in [0.5, 0.6) is 0 Å². The van der Waals surface area contributed by atoms with Gasteiger partial charge in [0.05, 0.1) is 16.2 Å². The number of fused-ring (bicyclic) bond motifs is 4. The number of oxazole rings is 1. The van der Waals surface area contributed by atoms with E-state index in [-0.39, 0.29) is 11.6 Å². The second kappa shape index (κ2) is 4.88. The lowest BCUT2D eigenvalue weighted by Crippen LogP contribution is -2.52. The lowest BCUT2D eigenvalue weighted by Gasteiger charge is -2.42. The Morgan fingerprint density at radius 2 is 2.14 bits per heavy atom. The molecule has 1 spiro atoms.